The van der Waals surface area contributed by atoms with Crippen LogP contribution in [0.4, 0.5) is 4.79 Å². The van der Waals surface area contributed by atoms with Gasteiger partial charge in [0.1, 0.15) is 34.6 Å². The molecule has 7 rings (SSSR count). The van der Waals surface area contributed by atoms with Crippen LogP contribution in [-0.2, 0) is 35.6 Å². The highest BCUT2D eigenvalue weighted by Crippen LogP contribution is 2.49. The van der Waals surface area contributed by atoms with E-state index in [-0.39, 0.29) is 19.4 Å². The van der Waals surface area contributed by atoms with E-state index in [1.54, 1.807) is 33.8 Å². The molecular weight excluding hydrogens is 734 g/mol. The summed E-state index contributed by atoms with van der Waals surface area (Å²) < 4.78 is 40.0. The second-order valence-corrected chi connectivity index (χ2v) is 19.7. The number of fused-ring (bicyclic) bond motifs is 5. The summed E-state index contributed by atoms with van der Waals surface area (Å²) in [6.07, 6.45) is 8.60. The Morgan fingerprint density at radius 2 is 1.87 bits per heavy atom. The molecule has 54 heavy (non-hydrogen) atoms. The molecule has 1 saturated heterocycles. The van der Waals surface area contributed by atoms with Crippen LogP contribution >= 0.6 is 11.6 Å². The van der Waals surface area contributed by atoms with Crippen LogP contribution in [0.1, 0.15) is 103 Å². The van der Waals surface area contributed by atoms with Gasteiger partial charge in [-0.2, -0.15) is 0 Å². The minimum absolute atomic E-state index is 0.0449. The Labute approximate surface area is 321 Å². The fraction of sp³-hybridized carbons (Fsp3) is 0.615. The number of rotatable bonds is 4. The maximum atomic E-state index is 14.7. The Morgan fingerprint density at radius 1 is 1.11 bits per heavy atom. The number of carbonyl (C=O) groups is 4. The van der Waals surface area contributed by atoms with Crippen LogP contribution in [0.25, 0.3) is 10.9 Å². The van der Waals surface area contributed by atoms with Crippen molar-refractivity contribution in [3.05, 3.63) is 46.6 Å². The predicted molar refractivity (Wildman–Crippen MR) is 202 cm³/mol. The number of allylic oxidation sites excluding steroid dienone is 1. The average Bonchev–Trinajstić information content (AvgIpc) is 3.97. The minimum atomic E-state index is -3.99. The Balaban J connectivity index is 1.23. The summed E-state index contributed by atoms with van der Waals surface area (Å²) in [4.78, 5) is 62.5. The number of alkyl carbamates (subject to hydrolysis) is 1. The van der Waals surface area contributed by atoms with Crippen LogP contribution in [0.5, 0.6) is 5.75 Å². The van der Waals surface area contributed by atoms with Crippen molar-refractivity contribution in [3.8, 4) is 5.75 Å². The number of halogens is 1. The molecule has 2 saturated carbocycles. The lowest BCUT2D eigenvalue weighted by Crippen LogP contribution is -2.58. The summed E-state index contributed by atoms with van der Waals surface area (Å²) in [6, 6.07) is 3.45. The topological polar surface area (TPSA) is 173 Å². The number of ether oxygens (including phenoxy) is 2. The molecule has 1 aromatic heterocycles. The maximum absolute atomic E-state index is 14.7. The monoisotopic (exact) mass is 783 g/mol. The first-order valence-electron chi connectivity index (χ1n) is 19.0. The first-order chi connectivity index (χ1) is 25.3. The van der Waals surface area contributed by atoms with Crippen molar-refractivity contribution in [1.82, 2.24) is 25.2 Å². The number of benzene rings is 1. The number of nitrogens with one attached hydrogen (secondary N) is 3. The van der Waals surface area contributed by atoms with E-state index in [0.29, 0.717) is 61.4 Å². The van der Waals surface area contributed by atoms with Gasteiger partial charge in [-0.15, -0.1) is 0 Å². The summed E-state index contributed by atoms with van der Waals surface area (Å²) in [7, 11) is -3.99. The number of pyridine rings is 1. The number of aryl methyl sites for hydroxylation is 2. The second-order valence-electron chi connectivity index (χ2n) is 17.1. The fourth-order valence-electron chi connectivity index (χ4n) is 8.12. The first kappa shape index (κ1) is 38.4. The van der Waals surface area contributed by atoms with E-state index < -0.39 is 73.3 Å². The van der Waals surface area contributed by atoms with Crippen molar-refractivity contribution in [2.75, 3.05) is 6.54 Å². The van der Waals surface area contributed by atoms with Crippen molar-refractivity contribution in [3.63, 3.8) is 0 Å². The fourth-order valence-corrected chi connectivity index (χ4v) is 9.60. The molecule has 0 unspecified atom stereocenters. The molecule has 1 aromatic carbocycles. The van der Waals surface area contributed by atoms with Gasteiger partial charge in [0.2, 0.25) is 21.8 Å². The molecule has 0 radical (unpaired) electrons. The molecule has 1 spiro atoms. The van der Waals surface area contributed by atoms with Gasteiger partial charge in [-0.05, 0) is 98.1 Å². The molecule has 0 bridgehead atoms. The van der Waals surface area contributed by atoms with Crippen molar-refractivity contribution in [1.29, 1.82) is 0 Å². The zero-order valence-electron chi connectivity index (χ0n) is 31.6. The summed E-state index contributed by atoms with van der Waals surface area (Å²) in [5.74, 6) is -1.67. The van der Waals surface area contributed by atoms with Gasteiger partial charge in [0.15, 0.2) is 0 Å². The largest absolute Gasteiger partial charge is 0.483 e. The van der Waals surface area contributed by atoms with Crippen LogP contribution in [0.15, 0.2) is 30.4 Å². The Bertz CT molecular complexity index is 2050. The lowest BCUT2D eigenvalue weighted by molar-refractivity contribution is -0.141. The Morgan fingerprint density at radius 3 is 2.59 bits per heavy atom. The molecule has 4 amide bonds. The molecular formula is C39H50ClN5O8S. The highest BCUT2D eigenvalue weighted by atomic mass is 35.5. The summed E-state index contributed by atoms with van der Waals surface area (Å²) in [5.41, 5.74) is -0.926. The highest BCUT2D eigenvalue weighted by Gasteiger charge is 2.64. The van der Waals surface area contributed by atoms with Crippen LogP contribution in [0.2, 0.25) is 5.02 Å². The van der Waals surface area contributed by atoms with Gasteiger partial charge >= 0.3 is 6.09 Å². The molecule has 2 aliphatic carbocycles. The van der Waals surface area contributed by atoms with Gasteiger partial charge in [0, 0.05) is 28.3 Å². The van der Waals surface area contributed by atoms with Gasteiger partial charge in [-0.3, -0.25) is 19.1 Å². The second kappa shape index (κ2) is 13.7. The molecule has 4 heterocycles. The van der Waals surface area contributed by atoms with E-state index in [9.17, 15) is 27.6 Å². The lowest BCUT2D eigenvalue weighted by Gasteiger charge is -2.36. The van der Waals surface area contributed by atoms with Crippen LogP contribution in [0, 0.1) is 12.8 Å². The molecule has 3 fully saturated rings. The molecule has 3 aliphatic heterocycles. The summed E-state index contributed by atoms with van der Waals surface area (Å²) in [6.45, 7) is 8.71. The van der Waals surface area contributed by atoms with E-state index in [1.165, 1.54) is 4.90 Å². The summed E-state index contributed by atoms with van der Waals surface area (Å²) in [5, 5.41) is 7.20. The molecule has 5 atom stereocenters. The number of amides is 4. The highest BCUT2D eigenvalue weighted by molar-refractivity contribution is 7.91. The smallest absolute Gasteiger partial charge is 0.408 e. The van der Waals surface area contributed by atoms with Crippen LogP contribution < -0.4 is 20.1 Å². The lowest BCUT2D eigenvalue weighted by atomic mass is 9.87. The molecule has 2 aromatic rings. The zero-order valence-corrected chi connectivity index (χ0v) is 33.1. The standard InChI is InChI=1S/C39H50ClN5O8S/c1-23-31-27(26-14-13-25(40)19-29(26)41-23)15-16-38(52-31)21-30-32(46)43-39(34(48)44-54(50,51)37(5)17-18-37)20-24(39)11-9-7-6-8-10-12-28(33(47)45(30)22-38)42-35(49)53-36(2,3)4/h9,11,13-14,19,24,28,30H,6-8,10,12,15-18,20-22H2,1-5H3,(H,42,49)(H,43,46)(H,44,48)/b11-9-/t24-,28+,30+,38-,39-/m1/s1. The van der Waals surface area contributed by atoms with Gasteiger partial charge in [0.05, 0.1) is 22.5 Å². The van der Waals surface area contributed by atoms with E-state index in [0.717, 1.165) is 29.3 Å². The van der Waals surface area contributed by atoms with Gasteiger partial charge in [-0.25, -0.2) is 18.2 Å². The van der Waals surface area contributed by atoms with Crippen molar-refractivity contribution in [2.45, 2.75) is 139 Å². The Kier molecular flexibility index (Phi) is 9.72. The maximum Gasteiger partial charge on any atom is 0.408 e. The van der Waals surface area contributed by atoms with Gasteiger partial charge in [-0.1, -0.05) is 42.7 Å². The van der Waals surface area contributed by atoms with Gasteiger partial charge in [0.25, 0.3) is 5.91 Å². The number of aromatic nitrogens is 1. The zero-order chi connectivity index (χ0) is 38.8. The van der Waals surface area contributed by atoms with E-state index in [2.05, 4.69) is 15.4 Å². The van der Waals surface area contributed by atoms with E-state index in [4.69, 9.17) is 26.1 Å². The molecule has 292 valence electrons. The number of hydrogen-bond donors (Lipinski definition) is 3. The van der Waals surface area contributed by atoms with Crippen LogP contribution in [0.3, 0.4) is 0 Å². The van der Waals surface area contributed by atoms with Crippen molar-refractivity contribution in [2.24, 2.45) is 5.92 Å². The third-order valence-corrected chi connectivity index (χ3v) is 14.0. The number of sulfonamides is 1. The van der Waals surface area contributed by atoms with E-state index in [1.807, 2.05) is 31.2 Å². The van der Waals surface area contributed by atoms with Crippen molar-refractivity contribution < 1.29 is 37.1 Å². The SMILES string of the molecule is Cc1nc2cc(Cl)ccc2c2c1O[C@]1(CC2)C[C@H]2C(=O)N[C@]3(C(=O)NS(=O)(=O)C4(C)CC4)C[C@H]3/C=C\CCCCC[C@H](NC(=O)OC(C)(C)C)C(=O)N2C1. The third kappa shape index (κ3) is 7.39. The predicted octanol–water partition coefficient (Wildman–Crippen LogP) is 5.15. The molecule has 15 heteroatoms. The third-order valence-electron chi connectivity index (χ3n) is 11.6. The van der Waals surface area contributed by atoms with Crippen molar-refractivity contribution >= 4 is 56.3 Å². The molecule has 13 nitrogen and oxygen atoms in total. The minimum Gasteiger partial charge on any atom is -0.483 e. The van der Waals surface area contributed by atoms with E-state index >= 15 is 0 Å². The average molecular weight is 784 g/mol. The van der Waals surface area contributed by atoms with Gasteiger partial charge < -0.3 is 25.0 Å². The number of nitrogens with zero attached hydrogens (tertiary/aromatic N) is 2. The quantitative estimate of drug-likeness (QED) is 0.355. The summed E-state index contributed by atoms with van der Waals surface area (Å²) >= 11 is 6.28. The first-order valence-corrected chi connectivity index (χ1v) is 20.8. The normalized spacial score (nSPS) is 30.0. The Hall–Kier alpha value is -3.91. The molecule has 5 aliphatic rings. The molecule has 3 N–H and O–H groups in total. The number of hydrogen-bond acceptors (Lipinski definition) is 9. The number of carbonyl (C=O) groups excluding carboxylic acids is 4. The van der Waals surface area contributed by atoms with Crippen LogP contribution in [-0.4, -0.2) is 82.2 Å².